The average Bonchev–Trinajstić information content (AvgIpc) is 1.69. The smallest absolute Gasteiger partial charge is 0.313 e. The monoisotopic (exact) mass is 1290 g/mol. The third-order valence-electron chi connectivity index (χ3n) is 17.5. The van der Waals surface area contributed by atoms with E-state index in [4.69, 9.17) is 43.0 Å². The Labute approximate surface area is 528 Å². The van der Waals surface area contributed by atoms with Crippen molar-refractivity contribution in [1.29, 1.82) is 0 Å². The van der Waals surface area contributed by atoms with E-state index >= 15 is 0 Å². The lowest BCUT2D eigenvalue weighted by molar-refractivity contribution is -0.138. The first-order chi connectivity index (χ1) is 44.2. The zero-order chi connectivity index (χ0) is 63.8. The Kier molecular flexibility index (Phi) is 27.7. The minimum absolute atomic E-state index is 0.0507. The van der Waals surface area contributed by atoms with Crippen molar-refractivity contribution in [2.45, 2.75) is 120 Å². The topological polar surface area (TPSA) is 221 Å². The lowest BCUT2D eigenvalue weighted by atomic mass is 9.86. The molecular formula is C63H90F5N11O12. The molecule has 2 amide bonds. The summed E-state index contributed by atoms with van der Waals surface area (Å²) in [5.74, 6) is -6.55. The molecule has 5 fully saturated rings. The minimum atomic E-state index is -2.67. The van der Waals surface area contributed by atoms with Crippen molar-refractivity contribution in [3.63, 3.8) is 0 Å². The molecule has 1 N–H and O–H groups in total. The number of aryl methyl sites for hydroxylation is 1. The first kappa shape index (κ1) is 69.7. The predicted molar refractivity (Wildman–Crippen MR) is 320 cm³/mol. The fraction of sp³-hybridized carbons (Fsp3) is 0.698. The highest BCUT2D eigenvalue weighted by atomic mass is 19.3. The SMILES string of the molecule is Cc1nnc(C2CN(C(=O)CN3CCN(CCOCCOCCOCCOCc4cn(CCOCCOCCOCCOCCC(=O)Oc5c(F)cc(F)cc5F)nn4)CC3)C2)n1C1CC2CCC(C1)N2CC[C@H](NC(=O)C1CCC(F)(F)CC1)c1ccccc1. The second kappa shape index (κ2) is 36.1. The van der Waals surface area contributed by atoms with Crippen LogP contribution in [0.15, 0.2) is 48.7 Å². The van der Waals surface area contributed by atoms with Crippen LogP contribution >= 0.6 is 0 Å². The molecule has 4 saturated heterocycles. The van der Waals surface area contributed by atoms with E-state index in [1.54, 1.807) is 10.9 Å². The number of nitrogens with one attached hydrogen (secondary N) is 1. The van der Waals surface area contributed by atoms with Gasteiger partial charge in [0.1, 0.15) is 23.2 Å². The molecule has 91 heavy (non-hydrogen) atoms. The normalized spacial score (nSPS) is 20.3. The largest absolute Gasteiger partial charge is 0.420 e. The van der Waals surface area contributed by atoms with Crippen molar-refractivity contribution in [2.75, 3.05) is 158 Å². The molecule has 4 aromatic rings. The van der Waals surface area contributed by atoms with Gasteiger partial charge in [-0.25, -0.2) is 26.6 Å². The molecule has 28 heteroatoms. The number of aromatic nitrogens is 6. The van der Waals surface area contributed by atoms with Crippen LogP contribution in [0.3, 0.4) is 0 Å². The number of nitrogens with zero attached hydrogens (tertiary/aromatic N) is 10. The Morgan fingerprint density at radius 2 is 1.21 bits per heavy atom. The number of benzene rings is 2. The predicted octanol–water partition coefficient (Wildman–Crippen LogP) is 5.71. The molecule has 6 heterocycles. The Hall–Kier alpha value is -5.66. The molecule has 9 rings (SSSR count). The maximum atomic E-state index is 13.9. The Morgan fingerprint density at radius 3 is 1.82 bits per heavy atom. The number of ether oxygens (including phenoxy) is 9. The summed E-state index contributed by atoms with van der Waals surface area (Å²) in [6.07, 6.45) is 6.52. The number of piperazine rings is 1. The van der Waals surface area contributed by atoms with Gasteiger partial charge in [-0.1, -0.05) is 35.5 Å². The summed E-state index contributed by atoms with van der Waals surface area (Å²) in [5.41, 5.74) is 1.74. The molecule has 1 saturated carbocycles. The number of hydrogen-bond donors (Lipinski definition) is 1. The van der Waals surface area contributed by atoms with Crippen molar-refractivity contribution in [2.24, 2.45) is 5.92 Å². The summed E-state index contributed by atoms with van der Waals surface area (Å²) in [4.78, 5) is 47.9. The number of amides is 2. The van der Waals surface area contributed by atoms with Crippen LogP contribution in [0, 0.1) is 30.3 Å². The molecule has 2 unspecified atom stereocenters. The van der Waals surface area contributed by atoms with Gasteiger partial charge in [0.05, 0.1) is 143 Å². The zero-order valence-corrected chi connectivity index (χ0v) is 52.3. The Balaban J connectivity index is 0.527. The number of halogens is 5. The van der Waals surface area contributed by atoms with Crippen molar-refractivity contribution < 1.29 is 79.0 Å². The molecule has 2 bridgehead atoms. The van der Waals surface area contributed by atoms with E-state index in [1.807, 2.05) is 42.2 Å². The summed E-state index contributed by atoms with van der Waals surface area (Å²) >= 11 is 0. The van der Waals surface area contributed by atoms with Crippen molar-refractivity contribution in [1.82, 2.24) is 54.7 Å². The molecule has 3 atom stereocenters. The summed E-state index contributed by atoms with van der Waals surface area (Å²) in [7, 11) is 0. The van der Waals surface area contributed by atoms with Crippen LogP contribution in [0.2, 0.25) is 0 Å². The third-order valence-corrected chi connectivity index (χ3v) is 17.5. The number of carbonyl (C=O) groups excluding carboxylic acids is 3. The summed E-state index contributed by atoms with van der Waals surface area (Å²) < 4.78 is 121. The molecule has 5 aliphatic rings. The van der Waals surface area contributed by atoms with Crippen LogP contribution < -0.4 is 10.1 Å². The van der Waals surface area contributed by atoms with Crippen molar-refractivity contribution in [3.05, 3.63) is 89.0 Å². The molecule has 2 aromatic heterocycles. The molecule has 4 aliphatic heterocycles. The van der Waals surface area contributed by atoms with Crippen LogP contribution in [-0.2, 0) is 65.4 Å². The molecule has 23 nitrogen and oxygen atoms in total. The average molecular weight is 1290 g/mol. The maximum absolute atomic E-state index is 13.9. The molecule has 1 aliphatic carbocycles. The van der Waals surface area contributed by atoms with Crippen LogP contribution in [0.25, 0.3) is 0 Å². The van der Waals surface area contributed by atoms with E-state index in [9.17, 15) is 36.3 Å². The van der Waals surface area contributed by atoms with Gasteiger partial charge >= 0.3 is 5.97 Å². The van der Waals surface area contributed by atoms with Gasteiger partial charge in [0.25, 0.3) is 0 Å². The standard InChI is InChI=1S/C63H90F5N11O12/c1-46-70-72-61(79(46)54-39-52-7-8-53(40-54)78(52)15-11-57(47-5-3-2-4-6-47)69-62(82)48-9-13-63(67,68)14-10-48)49-41-76(42-49)58(80)44-75-18-16-74(17-19-75)20-23-84-26-29-87-33-34-89-35-36-90-45-51-43-77(73-71-51)21-24-85-27-30-88-32-31-86-28-25-83-22-12-59(81)91-60-55(65)37-50(64)38-56(60)66/h2-6,37-38,43,48-49,52-54,57H,7-36,39-42,44-45H2,1H3,(H,69,82)/t52?,53?,54?,57-/m0/s1. The van der Waals surface area contributed by atoms with Gasteiger partial charge in [-0.3, -0.25) is 29.1 Å². The Bertz CT molecular complexity index is 2800. The van der Waals surface area contributed by atoms with E-state index in [1.165, 1.54) is 0 Å². The van der Waals surface area contributed by atoms with Crippen LogP contribution in [0.5, 0.6) is 5.75 Å². The quantitative estimate of drug-likeness (QED) is 0.0244. The molecule has 0 radical (unpaired) electrons. The van der Waals surface area contributed by atoms with E-state index in [2.05, 4.69) is 44.7 Å². The maximum Gasteiger partial charge on any atom is 0.313 e. The number of esters is 1. The molecular weight excluding hydrogens is 1200 g/mol. The highest BCUT2D eigenvalue weighted by Crippen LogP contribution is 2.43. The van der Waals surface area contributed by atoms with E-state index in [0.717, 1.165) is 88.6 Å². The summed E-state index contributed by atoms with van der Waals surface area (Å²) in [6.45, 7) is 15.2. The highest BCUT2D eigenvalue weighted by molar-refractivity contribution is 5.80. The van der Waals surface area contributed by atoms with Gasteiger partial charge < -0.3 is 57.4 Å². The van der Waals surface area contributed by atoms with Crippen LogP contribution in [0.4, 0.5) is 22.0 Å². The number of likely N-dealkylation sites (tertiary alicyclic amines) is 1. The minimum Gasteiger partial charge on any atom is -0.420 e. The fourth-order valence-electron chi connectivity index (χ4n) is 12.5. The van der Waals surface area contributed by atoms with E-state index < -0.39 is 35.1 Å². The van der Waals surface area contributed by atoms with E-state index in [0.29, 0.717) is 142 Å². The summed E-state index contributed by atoms with van der Waals surface area (Å²) in [5, 5.41) is 20.8. The lowest BCUT2D eigenvalue weighted by Gasteiger charge is -2.43. The van der Waals surface area contributed by atoms with Crippen LogP contribution in [0.1, 0.15) is 105 Å². The molecule has 504 valence electrons. The number of carbonyl (C=O) groups is 3. The first-order valence-electron chi connectivity index (χ1n) is 32.2. The number of fused-ring (bicyclic) bond motifs is 2. The summed E-state index contributed by atoms with van der Waals surface area (Å²) in [6, 6.07) is 11.8. The van der Waals surface area contributed by atoms with Crippen molar-refractivity contribution >= 4 is 17.8 Å². The van der Waals surface area contributed by atoms with Gasteiger partial charge in [0.15, 0.2) is 11.6 Å². The second-order valence-electron chi connectivity index (χ2n) is 24.0. The highest BCUT2D eigenvalue weighted by Gasteiger charge is 2.45. The van der Waals surface area contributed by atoms with Gasteiger partial charge in [-0.2, -0.15) is 0 Å². The number of rotatable bonds is 40. The fourth-order valence-corrected chi connectivity index (χ4v) is 12.5. The molecule has 0 spiro atoms. The van der Waals surface area contributed by atoms with Gasteiger partial charge in [0.2, 0.25) is 23.5 Å². The lowest BCUT2D eigenvalue weighted by Crippen LogP contribution is -2.55. The van der Waals surface area contributed by atoms with E-state index in [-0.39, 0.29) is 87.7 Å². The van der Waals surface area contributed by atoms with Gasteiger partial charge in [-0.05, 0) is 57.4 Å². The molecule has 2 aromatic carbocycles. The van der Waals surface area contributed by atoms with Crippen molar-refractivity contribution in [3.8, 4) is 5.75 Å². The second-order valence-corrected chi connectivity index (χ2v) is 24.0. The third kappa shape index (κ3) is 22.0. The number of hydrogen-bond acceptors (Lipinski definition) is 19. The van der Waals surface area contributed by atoms with Crippen LogP contribution in [-0.4, -0.2) is 243 Å². The first-order valence-corrected chi connectivity index (χ1v) is 32.2. The van der Waals surface area contributed by atoms with Gasteiger partial charge in [0, 0.05) is 101 Å². The number of piperidine rings is 1. The zero-order valence-electron chi connectivity index (χ0n) is 52.3. The van der Waals surface area contributed by atoms with Gasteiger partial charge in [-0.15, -0.1) is 15.3 Å². The Morgan fingerprint density at radius 1 is 0.648 bits per heavy atom. The number of alkyl halides is 2.